The van der Waals surface area contributed by atoms with Crippen LogP contribution in [0.15, 0.2) is 54.6 Å². The zero-order valence-corrected chi connectivity index (χ0v) is 11.4. The Bertz CT molecular complexity index is 643. The van der Waals surface area contributed by atoms with Gasteiger partial charge in [0.1, 0.15) is 5.82 Å². The standard InChI is InChI=1S/C16H14FNO3/c1-11(15(19)18-12-7-3-2-4-8-12)21-16(20)13-9-5-6-10-14(13)17/h2-11H,1H3,(H,18,19)/t11-/m1/s1. The normalized spacial score (nSPS) is 11.5. The predicted molar refractivity (Wildman–Crippen MR) is 76.3 cm³/mol. The Labute approximate surface area is 121 Å². The fraction of sp³-hybridized carbons (Fsp3) is 0.125. The van der Waals surface area contributed by atoms with E-state index in [-0.39, 0.29) is 5.56 Å². The molecule has 1 amide bonds. The first kappa shape index (κ1) is 14.7. The largest absolute Gasteiger partial charge is 0.449 e. The van der Waals surface area contributed by atoms with Gasteiger partial charge >= 0.3 is 5.97 Å². The minimum Gasteiger partial charge on any atom is -0.449 e. The molecule has 0 spiro atoms. The van der Waals surface area contributed by atoms with Crippen LogP contribution in [0.25, 0.3) is 0 Å². The summed E-state index contributed by atoms with van der Waals surface area (Å²) in [4.78, 5) is 23.7. The molecule has 0 aliphatic rings. The van der Waals surface area contributed by atoms with E-state index in [0.29, 0.717) is 5.69 Å². The summed E-state index contributed by atoms with van der Waals surface area (Å²) in [6, 6.07) is 14.2. The lowest BCUT2D eigenvalue weighted by atomic mass is 10.2. The molecule has 0 saturated heterocycles. The number of benzene rings is 2. The highest BCUT2D eigenvalue weighted by atomic mass is 19.1. The molecule has 0 aliphatic heterocycles. The van der Waals surface area contributed by atoms with E-state index in [1.807, 2.05) is 6.07 Å². The summed E-state index contributed by atoms with van der Waals surface area (Å²) >= 11 is 0. The van der Waals surface area contributed by atoms with Gasteiger partial charge in [0.15, 0.2) is 6.10 Å². The van der Waals surface area contributed by atoms with Gasteiger partial charge < -0.3 is 10.1 Å². The van der Waals surface area contributed by atoms with E-state index in [1.54, 1.807) is 24.3 Å². The summed E-state index contributed by atoms with van der Waals surface area (Å²) < 4.78 is 18.4. The van der Waals surface area contributed by atoms with Crippen LogP contribution >= 0.6 is 0 Å². The zero-order chi connectivity index (χ0) is 15.2. The van der Waals surface area contributed by atoms with Crippen molar-refractivity contribution in [2.75, 3.05) is 5.32 Å². The molecule has 0 radical (unpaired) electrons. The lowest BCUT2D eigenvalue weighted by molar-refractivity contribution is -0.123. The molecule has 0 fully saturated rings. The summed E-state index contributed by atoms with van der Waals surface area (Å²) in [6.45, 7) is 1.43. The van der Waals surface area contributed by atoms with Gasteiger partial charge in [-0.2, -0.15) is 0 Å². The molecule has 2 rings (SSSR count). The molecule has 0 unspecified atom stereocenters. The number of nitrogens with one attached hydrogen (secondary N) is 1. The van der Waals surface area contributed by atoms with Gasteiger partial charge in [-0.05, 0) is 31.2 Å². The number of hydrogen-bond acceptors (Lipinski definition) is 3. The Kier molecular flexibility index (Phi) is 4.66. The first-order valence-corrected chi connectivity index (χ1v) is 6.39. The Morgan fingerprint density at radius 2 is 1.67 bits per heavy atom. The molecule has 0 heterocycles. The van der Waals surface area contributed by atoms with Gasteiger partial charge in [-0.3, -0.25) is 4.79 Å². The van der Waals surface area contributed by atoms with E-state index in [2.05, 4.69) is 5.32 Å². The number of carbonyl (C=O) groups is 2. The number of esters is 1. The van der Waals surface area contributed by atoms with Crippen molar-refractivity contribution in [3.63, 3.8) is 0 Å². The van der Waals surface area contributed by atoms with E-state index >= 15 is 0 Å². The van der Waals surface area contributed by atoms with Crippen molar-refractivity contribution in [3.05, 3.63) is 66.0 Å². The molecule has 108 valence electrons. The van der Waals surface area contributed by atoms with E-state index < -0.39 is 23.8 Å². The number of rotatable bonds is 4. The van der Waals surface area contributed by atoms with Crippen molar-refractivity contribution in [1.29, 1.82) is 0 Å². The Morgan fingerprint density at radius 3 is 2.33 bits per heavy atom. The third-order valence-electron chi connectivity index (χ3n) is 2.79. The maximum atomic E-state index is 13.4. The monoisotopic (exact) mass is 287 g/mol. The molecule has 2 aromatic carbocycles. The molecule has 4 nitrogen and oxygen atoms in total. The second kappa shape index (κ2) is 6.65. The number of hydrogen-bond donors (Lipinski definition) is 1. The van der Waals surface area contributed by atoms with Gasteiger partial charge in [0, 0.05) is 5.69 Å². The number of halogens is 1. The van der Waals surface area contributed by atoms with E-state index in [4.69, 9.17) is 4.74 Å². The van der Waals surface area contributed by atoms with Crippen molar-refractivity contribution in [1.82, 2.24) is 0 Å². The molecule has 0 saturated carbocycles. The molecular weight excluding hydrogens is 273 g/mol. The lowest BCUT2D eigenvalue weighted by Gasteiger charge is -2.13. The quantitative estimate of drug-likeness (QED) is 0.879. The Morgan fingerprint density at radius 1 is 1.05 bits per heavy atom. The topological polar surface area (TPSA) is 55.4 Å². The van der Waals surface area contributed by atoms with Gasteiger partial charge in [0.25, 0.3) is 5.91 Å². The van der Waals surface area contributed by atoms with Crippen molar-refractivity contribution >= 4 is 17.6 Å². The van der Waals surface area contributed by atoms with Crippen LogP contribution in [0, 0.1) is 5.82 Å². The Balaban J connectivity index is 1.98. The van der Waals surface area contributed by atoms with Crippen molar-refractivity contribution in [2.24, 2.45) is 0 Å². The number of carbonyl (C=O) groups excluding carboxylic acids is 2. The van der Waals surface area contributed by atoms with Crippen LogP contribution in [0.2, 0.25) is 0 Å². The van der Waals surface area contributed by atoms with Crippen LogP contribution in [0.3, 0.4) is 0 Å². The summed E-state index contributed by atoms with van der Waals surface area (Å²) in [5, 5.41) is 2.60. The summed E-state index contributed by atoms with van der Waals surface area (Å²) in [5.74, 6) is -2.03. The minimum atomic E-state index is -1.03. The van der Waals surface area contributed by atoms with E-state index in [9.17, 15) is 14.0 Å². The van der Waals surface area contributed by atoms with Crippen molar-refractivity contribution < 1.29 is 18.7 Å². The molecule has 0 aliphatic carbocycles. The van der Waals surface area contributed by atoms with Gasteiger partial charge in [0.2, 0.25) is 0 Å². The highest BCUT2D eigenvalue weighted by molar-refractivity contribution is 5.97. The molecule has 1 N–H and O–H groups in total. The molecule has 1 atom stereocenters. The van der Waals surface area contributed by atoms with Gasteiger partial charge in [-0.1, -0.05) is 30.3 Å². The van der Waals surface area contributed by atoms with Crippen LogP contribution in [0.1, 0.15) is 17.3 Å². The predicted octanol–water partition coefficient (Wildman–Crippen LogP) is 3.01. The number of amides is 1. The number of ether oxygens (including phenoxy) is 1. The van der Waals surface area contributed by atoms with Gasteiger partial charge in [-0.25, -0.2) is 9.18 Å². The highest BCUT2D eigenvalue weighted by Crippen LogP contribution is 2.11. The van der Waals surface area contributed by atoms with Gasteiger partial charge in [0.05, 0.1) is 5.56 Å². The average Bonchev–Trinajstić information content (AvgIpc) is 2.48. The second-order valence-electron chi connectivity index (χ2n) is 4.38. The average molecular weight is 287 g/mol. The van der Waals surface area contributed by atoms with Crippen LogP contribution < -0.4 is 5.32 Å². The molecule has 21 heavy (non-hydrogen) atoms. The molecular formula is C16H14FNO3. The molecule has 2 aromatic rings. The second-order valence-corrected chi connectivity index (χ2v) is 4.38. The maximum Gasteiger partial charge on any atom is 0.341 e. The highest BCUT2D eigenvalue weighted by Gasteiger charge is 2.20. The van der Waals surface area contributed by atoms with Crippen LogP contribution in [0.4, 0.5) is 10.1 Å². The SMILES string of the molecule is C[C@@H](OC(=O)c1ccccc1F)C(=O)Nc1ccccc1. The van der Waals surface area contributed by atoms with Crippen LogP contribution in [0.5, 0.6) is 0 Å². The maximum absolute atomic E-state index is 13.4. The van der Waals surface area contributed by atoms with Crippen LogP contribution in [-0.2, 0) is 9.53 Å². The number of anilines is 1. The van der Waals surface area contributed by atoms with E-state index in [1.165, 1.54) is 25.1 Å². The summed E-state index contributed by atoms with van der Waals surface area (Å²) in [6.07, 6.45) is -1.03. The third kappa shape index (κ3) is 3.89. The molecule has 5 heteroatoms. The fourth-order valence-electron chi connectivity index (χ4n) is 1.67. The first-order valence-electron chi connectivity index (χ1n) is 6.39. The first-order chi connectivity index (χ1) is 10.1. The summed E-state index contributed by atoms with van der Waals surface area (Å²) in [7, 11) is 0. The minimum absolute atomic E-state index is 0.197. The Hall–Kier alpha value is -2.69. The fourth-order valence-corrected chi connectivity index (χ4v) is 1.67. The number of para-hydroxylation sites is 1. The third-order valence-corrected chi connectivity index (χ3v) is 2.79. The molecule has 0 bridgehead atoms. The van der Waals surface area contributed by atoms with E-state index in [0.717, 1.165) is 6.07 Å². The summed E-state index contributed by atoms with van der Waals surface area (Å²) in [5.41, 5.74) is 0.396. The lowest BCUT2D eigenvalue weighted by Crippen LogP contribution is -2.30. The van der Waals surface area contributed by atoms with Crippen molar-refractivity contribution in [3.8, 4) is 0 Å². The van der Waals surface area contributed by atoms with Crippen LogP contribution in [-0.4, -0.2) is 18.0 Å². The zero-order valence-electron chi connectivity index (χ0n) is 11.4. The smallest absolute Gasteiger partial charge is 0.341 e. The van der Waals surface area contributed by atoms with Gasteiger partial charge in [-0.15, -0.1) is 0 Å². The van der Waals surface area contributed by atoms with Crippen molar-refractivity contribution in [2.45, 2.75) is 13.0 Å². The molecule has 0 aromatic heterocycles.